The quantitative estimate of drug-likeness (QED) is 0.886. The van der Waals surface area contributed by atoms with Crippen LogP contribution in [0.1, 0.15) is 31.7 Å². The predicted molar refractivity (Wildman–Crippen MR) is 68.8 cm³/mol. The average Bonchev–Trinajstić information content (AvgIpc) is 2.36. The number of urea groups is 1. The molecule has 4 heteroatoms. The third kappa shape index (κ3) is 2.88. The Kier molecular flexibility index (Phi) is 3.97. The normalized spacial score (nSPS) is 19.8. The van der Waals surface area contributed by atoms with E-state index in [1.807, 2.05) is 37.3 Å². The van der Waals surface area contributed by atoms with Crippen molar-refractivity contribution in [1.82, 2.24) is 10.2 Å². The van der Waals surface area contributed by atoms with Crippen LogP contribution >= 0.6 is 0 Å². The maximum absolute atomic E-state index is 12.0. The maximum Gasteiger partial charge on any atom is 0.324 e. The van der Waals surface area contributed by atoms with E-state index in [9.17, 15) is 9.59 Å². The molecule has 4 nitrogen and oxygen atoms in total. The second kappa shape index (κ2) is 5.67. The second-order valence-electron chi connectivity index (χ2n) is 4.60. The van der Waals surface area contributed by atoms with Crippen molar-refractivity contribution in [3.63, 3.8) is 0 Å². The van der Waals surface area contributed by atoms with Crippen molar-refractivity contribution in [1.29, 1.82) is 0 Å². The number of nitrogens with one attached hydrogen (secondary N) is 1. The van der Waals surface area contributed by atoms with Gasteiger partial charge in [-0.05, 0) is 12.0 Å². The lowest BCUT2D eigenvalue weighted by molar-refractivity contribution is -0.130. The van der Waals surface area contributed by atoms with Crippen LogP contribution in [-0.2, 0) is 11.3 Å². The third-order valence-corrected chi connectivity index (χ3v) is 3.12. The van der Waals surface area contributed by atoms with E-state index < -0.39 is 0 Å². The van der Waals surface area contributed by atoms with Crippen LogP contribution in [0.2, 0.25) is 0 Å². The zero-order valence-corrected chi connectivity index (χ0v) is 10.6. The Morgan fingerprint density at radius 2 is 2.00 bits per heavy atom. The number of benzene rings is 1. The SMILES string of the molecule is CCCC1CC(=O)N(Cc2ccccc2)C(=O)N1. The Balaban J connectivity index is 2.02. The lowest BCUT2D eigenvalue weighted by Gasteiger charge is -2.31. The van der Waals surface area contributed by atoms with Crippen molar-refractivity contribution < 1.29 is 9.59 Å². The van der Waals surface area contributed by atoms with E-state index in [1.165, 1.54) is 4.90 Å². The first-order valence-corrected chi connectivity index (χ1v) is 6.35. The molecule has 1 aromatic carbocycles. The van der Waals surface area contributed by atoms with E-state index in [0.717, 1.165) is 18.4 Å². The summed E-state index contributed by atoms with van der Waals surface area (Å²) in [7, 11) is 0. The van der Waals surface area contributed by atoms with Crippen LogP contribution in [0.3, 0.4) is 0 Å². The van der Waals surface area contributed by atoms with E-state index in [0.29, 0.717) is 13.0 Å². The summed E-state index contributed by atoms with van der Waals surface area (Å²) in [4.78, 5) is 25.1. The summed E-state index contributed by atoms with van der Waals surface area (Å²) in [5, 5.41) is 2.88. The molecular weight excluding hydrogens is 228 g/mol. The van der Waals surface area contributed by atoms with Gasteiger partial charge in [0.15, 0.2) is 0 Å². The fraction of sp³-hybridized carbons (Fsp3) is 0.429. The average molecular weight is 246 g/mol. The molecule has 96 valence electrons. The highest BCUT2D eigenvalue weighted by Gasteiger charge is 2.31. The van der Waals surface area contributed by atoms with Crippen LogP contribution < -0.4 is 5.32 Å². The minimum Gasteiger partial charge on any atom is -0.334 e. The standard InChI is InChI=1S/C14H18N2O2/c1-2-6-12-9-13(17)16(14(18)15-12)10-11-7-4-3-5-8-11/h3-5,7-8,12H,2,6,9-10H2,1H3,(H,15,18). The Bertz CT molecular complexity index is 413. The molecule has 2 rings (SSSR count). The molecule has 18 heavy (non-hydrogen) atoms. The highest BCUT2D eigenvalue weighted by Crippen LogP contribution is 2.14. The minimum atomic E-state index is -0.270. The first-order chi connectivity index (χ1) is 8.70. The number of carbonyl (C=O) groups is 2. The van der Waals surface area contributed by atoms with E-state index in [-0.39, 0.29) is 18.0 Å². The molecule has 1 fully saturated rings. The number of carbonyl (C=O) groups excluding carboxylic acids is 2. The molecule has 1 aliphatic heterocycles. The molecule has 0 bridgehead atoms. The van der Waals surface area contributed by atoms with Gasteiger partial charge in [0, 0.05) is 12.5 Å². The van der Waals surface area contributed by atoms with Crippen molar-refractivity contribution in [2.75, 3.05) is 0 Å². The molecule has 0 aromatic heterocycles. The Morgan fingerprint density at radius 3 is 2.61 bits per heavy atom. The first-order valence-electron chi connectivity index (χ1n) is 6.35. The number of hydrogen-bond acceptors (Lipinski definition) is 2. The van der Waals surface area contributed by atoms with Gasteiger partial charge >= 0.3 is 6.03 Å². The monoisotopic (exact) mass is 246 g/mol. The van der Waals surface area contributed by atoms with E-state index in [2.05, 4.69) is 5.32 Å². The van der Waals surface area contributed by atoms with E-state index in [4.69, 9.17) is 0 Å². The summed E-state index contributed by atoms with van der Waals surface area (Å²) >= 11 is 0. The van der Waals surface area contributed by atoms with Gasteiger partial charge in [0.1, 0.15) is 0 Å². The third-order valence-electron chi connectivity index (χ3n) is 3.12. The van der Waals surface area contributed by atoms with Crippen LogP contribution in [0.25, 0.3) is 0 Å². The molecule has 0 spiro atoms. The summed E-state index contributed by atoms with van der Waals surface area (Å²) in [6.07, 6.45) is 2.24. The van der Waals surface area contributed by atoms with Crippen LogP contribution in [0.4, 0.5) is 4.79 Å². The first kappa shape index (κ1) is 12.6. The van der Waals surface area contributed by atoms with Crippen molar-refractivity contribution in [3.05, 3.63) is 35.9 Å². The largest absolute Gasteiger partial charge is 0.334 e. The smallest absolute Gasteiger partial charge is 0.324 e. The van der Waals surface area contributed by atoms with Gasteiger partial charge in [-0.25, -0.2) is 4.79 Å². The summed E-state index contributed by atoms with van der Waals surface area (Å²) in [5.41, 5.74) is 0.968. The topological polar surface area (TPSA) is 49.4 Å². The van der Waals surface area contributed by atoms with Gasteiger partial charge in [-0.1, -0.05) is 43.7 Å². The number of imide groups is 1. The number of amides is 3. The van der Waals surface area contributed by atoms with Gasteiger partial charge in [0.05, 0.1) is 6.54 Å². The summed E-state index contributed by atoms with van der Waals surface area (Å²) in [6.45, 7) is 2.40. The molecule has 0 radical (unpaired) electrons. The number of rotatable bonds is 4. The second-order valence-corrected chi connectivity index (χ2v) is 4.60. The van der Waals surface area contributed by atoms with Gasteiger partial charge in [-0.2, -0.15) is 0 Å². The highest BCUT2D eigenvalue weighted by molar-refractivity contribution is 5.97. The van der Waals surface area contributed by atoms with Crippen LogP contribution in [-0.4, -0.2) is 22.9 Å². The molecule has 1 N–H and O–H groups in total. The van der Waals surface area contributed by atoms with Gasteiger partial charge in [0.25, 0.3) is 0 Å². The molecule has 1 saturated heterocycles. The maximum atomic E-state index is 12.0. The van der Waals surface area contributed by atoms with Crippen LogP contribution in [0.15, 0.2) is 30.3 Å². The molecule has 0 saturated carbocycles. The van der Waals surface area contributed by atoms with Gasteiger partial charge in [0.2, 0.25) is 5.91 Å². The highest BCUT2D eigenvalue weighted by atomic mass is 16.2. The molecule has 1 aromatic rings. The molecular formula is C14H18N2O2. The molecule has 1 atom stereocenters. The van der Waals surface area contributed by atoms with Gasteiger partial charge in [-0.3, -0.25) is 9.69 Å². The lowest BCUT2D eigenvalue weighted by atomic mass is 10.1. The molecule has 1 unspecified atom stereocenters. The fourth-order valence-corrected chi connectivity index (χ4v) is 2.19. The summed E-state index contributed by atoms with van der Waals surface area (Å²) in [5.74, 6) is -0.0824. The lowest BCUT2D eigenvalue weighted by Crippen LogP contribution is -2.54. The van der Waals surface area contributed by atoms with Crippen molar-refractivity contribution in [2.45, 2.75) is 38.8 Å². The molecule has 3 amide bonds. The van der Waals surface area contributed by atoms with E-state index >= 15 is 0 Å². The number of nitrogens with zero attached hydrogens (tertiary/aromatic N) is 1. The summed E-state index contributed by atoms with van der Waals surface area (Å²) in [6, 6.07) is 9.29. The predicted octanol–water partition coefficient (Wildman–Crippen LogP) is 2.30. The molecule has 1 aliphatic rings. The fourth-order valence-electron chi connectivity index (χ4n) is 2.19. The van der Waals surface area contributed by atoms with Crippen molar-refractivity contribution in [3.8, 4) is 0 Å². The van der Waals surface area contributed by atoms with Crippen molar-refractivity contribution in [2.24, 2.45) is 0 Å². The molecule has 1 heterocycles. The van der Waals surface area contributed by atoms with Crippen LogP contribution in [0.5, 0.6) is 0 Å². The molecule has 0 aliphatic carbocycles. The van der Waals surface area contributed by atoms with Gasteiger partial charge < -0.3 is 5.32 Å². The zero-order valence-electron chi connectivity index (χ0n) is 10.6. The van der Waals surface area contributed by atoms with Crippen LogP contribution in [0, 0.1) is 0 Å². The van der Waals surface area contributed by atoms with Gasteiger partial charge in [-0.15, -0.1) is 0 Å². The summed E-state index contributed by atoms with van der Waals surface area (Å²) < 4.78 is 0. The van der Waals surface area contributed by atoms with E-state index in [1.54, 1.807) is 0 Å². The van der Waals surface area contributed by atoms with Crippen molar-refractivity contribution >= 4 is 11.9 Å². The Morgan fingerprint density at radius 1 is 1.28 bits per heavy atom. The Hall–Kier alpha value is -1.84. The Labute approximate surface area is 107 Å². The minimum absolute atomic E-state index is 0.00187. The zero-order chi connectivity index (χ0) is 13.0. The number of hydrogen-bond donors (Lipinski definition) is 1.